The van der Waals surface area contributed by atoms with Crippen molar-refractivity contribution in [3.8, 4) is 0 Å². The van der Waals surface area contributed by atoms with Crippen LogP contribution in [0.15, 0.2) is 28.9 Å². The minimum Gasteiger partial charge on any atom is -0.481 e. The Morgan fingerprint density at radius 2 is 1.88 bits per heavy atom. The first kappa shape index (κ1) is 13.8. The fourth-order valence-electron chi connectivity index (χ4n) is 1.44. The molecule has 0 aromatic carbocycles. The minimum atomic E-state index is -1.26. The molecule has 0 aromatic heterocycles. The molecule has 0 radical (unpaired) electrons. The van der Waals surface area contributed by atoms with Crippen LogP contribution in [-0.4, -0.2) is 33.6 Å². The molecule has 86 valence electrons. The van der Waals surface area contributed by atoms with Crippen molar-refractivity contribution < 1.29 is 30.1 Å². The van der Waals surface area contributed by atoms with Crippen LogP contribution in [0.5, 0.6) is 0 Å². The van der Waals surface area contributed by atoms with Crippen LogP contribution < -0.4 is 0 Å². The van der Waals surface area contributed by atoms with Crippen molar-refractivity contribution in [2.45, 2.75) is 6.92 Å². The zero-order chi connectivity index (χ0) is 11.6. The second kappa shape index (κ2) is 5.06. The van der Waals surface area contributed by atoms with Gasteiger partial charge in [-0.2, -0.15) is 0 Å². The van der Waals surface area contributed by atoms with Crippen molar-refractivity contribution in [3.05, 3.63) is 28.9 Å². The lowest BCUT2D eigenvalue weighted by Crippen LogP contribution is -2.22. The molecule has 0 aromatic rings. The number of carbonyl (C=O) groups excluding carboxylic acids is 1. The fourth-order valence-corrected chi connectivity index (χ4v) is 1.44. The molecule has 0 fully saturated rings. The normalized spacial score (nSPS) is 18.8. The average molecular weight is 226 g/mol. The molecule has 6 nitrogen and oxygen atoms in total. The molecule has 0 spiro atoms. The van der Waals surface area contributed by atoms with Gasteiger partial charge in [0, 0.05) is 0 Å². The molecule has 0 saturated carbocycles. The molecule has 16 heavy (non-hydrogen) atoms. The Labute approximate surface area is 90.5 Å². The highest BCUT2D eigenvalue weighted by atomic mass is 16.4. The van der Waals surface area contributed by atoms with E-state index in [2.05, 4.69) is 0 Å². The zero-order valence-corrected chi connectivity index (χ0v) is 8.35. The Kier molecular flexibility index (Phi) is 4.38. The van der Waals surface area contributed by atoms with Gasteiger partial charge in [0.05, 0.1) is 11.1 Å². The topological polar surface area (TPSA) is 123 Å². The summed E-state index contributed by atoms with van der Waals surface area (Å²) in [6.07, 6.45) is 2.37. The third kappa shape index (κ3) is 2.25. The minimum absolute atomic E-state index is 0. The number of carbonyl (C=O) groups is 2. The lowest BCUT2D eigenvalue weighted by molar-refractivity contribution is -0.139. The first-order chi connectivity index (χ1) is 6.99. The van der Waals surface area contributed by atoms with Gasteiger partial charge >= 0.3 is 11.9 Å². The van der Waals surface area contributed by atoms with Crippen LogP contribution in [0, 0.1) is 5.92 Å². The maximum atomic E-state index is 10.8. The van der Waals surface area contributed by atoms with E-state index in [0.717, 1.165) is 0 Å². The highest BCUT2D eigenvalue weighted by molar-refractivity contribution is 5.95. The van der Waals surface area contributed by atoms with Crippen LogP contribution in [-0.2, 0) is 14.4 Å². The van der Waals surface area contributed by atoms with Gasteiger partial charge < -0.3 is 15.7 Å². The van der Waals surface area contributed by atoms with E-state index in [4.69, 9.17) is 10.2 Å². The Hall–Kier alpha value is -2.17. The van der Waals surface area contributed by atoms with Crippen LogP contribution in [0.2, 0.25) is 0 Å². The second-order valence-corrected chi connectivity index (χ2v) is 3.06. The van der Waals surface area contributed by atoms with E-state index in [0.29, 0.717) is 0 Å². The molecule has 1 aliphatic carbocycles. The third-order valence-electron chi connectivity index (χ3n) is 2.19. The molecule has 0 bridgehead atoms. The first-order valence-electron chi connectivity index (χ1n) is 4.09. The summed E-state index contributed by atoms with van der Waals surface area (Å²) in [5.74, 6) is -2.18. The van der Waals surface area contributed by atoms with E-state index in [1.165, 1.54) is 25.0 Å². The molecular weight excluding hydrogens is 216 g/mol. The summed E-state index contributed by atoms with van der Waals surface area (Å²) < 4.78 is 0. The lowest BCUT2D eigenvalue weighted by Gasteiger charge is -2.17. The molecule has 0 aliphatic heterocycles. The van der Waals surface area contributed by atoms with Gasteiger partial charge in [-0.15, -0.1) is 0 Å². The summed E-state index contributed by atoms with van der Waals surface area (Å²) in [5, 5.41) is 17.6. The molecular formula is C10H10O6. The molecule has 1 rings (SSSR count). The van der Waals surface area contributed by atoms with Crippen LogP contribution in [0.25, 0.3) is 0 Å². The fraction of sp³-hybridized carbons (Fsp3) is 0.200. The Morgan fingerprint density at radius 3 is 2.25 bits per heavy atom. The summed E-state index contributed by atoms with van der Waals surface area (Å²) in [4.78, 5) is 32.0. The predicted octanol–water partition coefficient (Wildman–Crippen LogP) is -0.409. The molecule has 1 unspecified atom stereocenters. The van der Waals surface area contributed by atoms with Gasteiger partial charge in [-0.3, -0.25) is 4.79 Å². The van der Waals surface area contributed by atoms with Gasteiger partial charge in [0.25, 0.3) is 0 Å². The Bertz CT molecular complexity index is 436. The van der Waals surface area contributed by atoms with Gasteiger partial charge in [-0.25, -0.2) is 9.59 Å². The van der Waals surface area contributed by atoms with E-state index in [9.17, 15) is 14.4 Å². The van der Waals surface area contributed by atoms with Crippen molar-refractivity contribution in [2.75, 3.05) is 0 Å². The summed E-state index contributed by atoms with van der Waals surface area (Å²) >= 11 is 0. The summed E-state index contributed by atoms with van der Waals surface area (Å²) in [6.45, 7) is 1.38. The van der Waals surface area contributed by atoms with Crippen molar-refractivity contribution in [3.63, 3.8) is 0 Å². The van der Waals surface area contributed by atoms with Crippen LogP contribution in [0.4, 0.5) is 0 Å². The number of aliphatic carboxylic acids is 2. The van der Waals surface area contributed by atoms with Crippen LogP contribution in [0.1, 0.15) is 6.92 Å². The van der Waals surface area contributed by atoms with Crippen molar-refractivity contribution >= 4 is 17.9 Å². The van der Waals surface area contributed by atoms with E-state index in [1.807, 2.05) is 0 Å². The highest BCUT2D eigenvalue weighted by Crippen LogP contribution is 2.28. The number of carboxylic acid groups (broad SMARTS) is 2. The summed E-state index contributed by atoms with van der Waals surface area (Å²) in [5.41, 5.74) is -0.0257. The largest absolute Gasteiger partial charge is 0.481 e. The molecule has 6 heteroatoms. The van der Waals surface area contributed by atoms with Gasteiger partial charge in [0.15, 0.2) is 0 Å². The third-order valence-corrected chi connectivity index (χ3v) is 2.19. The van der Waals surface area contributed by atoms with Crippen LogP contribution in [0.3, 0.4) is 0 Å². The van der Waals surface area contributed by atoms with Crippen molar-refractivity contribution in [2.24, 2.45) is 5.92 Å². The number of hydrogen-bond donors (Lipinski definition) is 2. The van der Waals surface area contributed by atoms with Gasteiger partial charge in [-0.1, -0.05) is 0 Å². The summed E-state index contributed by atoms with van der Waals surface area (Å²) in [7, 11) is 0. The van der Waals surface area contributed by atoms with Crippen molar-refractivity contribution in [1.29, 1.82) is 0 Å². The van der Waals surface area contributed by atoms with Crippen molar-refractivity contribution in [1.82, 2.24) is 0 Å². The van der Waals surface area contributed by atoms with Crippen LogP contribution >= 0.6 is 0 Å². The average Bonchev–Trinajstić information content (AvgIpc) is 2.15. The summed E-state index contributed by atoms with van der Waals surface area (Å²) in [6, 6.07) is 0. The highest BCUT2D eigenvalue weighted by Gasteiger charge is 2.30. The maximum Gasteiger partial charge on any atom is 0.335 e. The van der Waals surface area contributed by atoms with E-state index < -0.39 is 17.9 Å². The van der Waals surface area contributed by atoms with Gasteiger partial charge in [-0.05, 0) is 24.6 Å². The molecule has 1 aliphatic rings. The number of rotatable bonds is 2. The smallest absolute Gasteiger partial charge is 0.335 e. The number of hydrogen-bond acceptors (Lipinski definition) is 3. The molecule has 0 heterocycles. The predicted molar refractivity (Wildman–Crippen MR) is 53.4 cm³/mol. The lowest BCUT2D eigenvalue weighted by atomic mass is 9.85. The number of allylic oxidation sites excluding steroid dienone is 1. The number of carboxylic acids is 2. The van der Waals surface area contributed by atoms with Gasteiger partial charge in [0.2, 0.25) is 0 Å². The van der Waals surface area contributed by atoms with E-state index in [-0.39, 0.29) is 22.2 Å². The van der Waals surface area contributed by atoms with E-state index in [1.54, 1.807) is 0 Å². The molecule has 0 amide bonds. The maximum absolute atomic E-state index is 10.8. The quantitative estimate of drug-likeness (QED) is 0.619. The monoisotopic (exact) mass is 226 g/mol. The first-order valence-corrected chi connectivity index (χ1v) is 4.09. The SMILES string of the molecule is CC1=C(C(=O)O)C=CC(=C=O)C1C(=O)O.O. The molecule has 4 N–H and O–H groups in total. The molecule has 1 atom stereocenters. The zero-order valence-electron chi connectivity index (χ0n) is 8.35. The van der Waals surface area contributed by atoms with Gasteiger partial charge in [0.1, 0.15) is 11.9 Å². The Morgan fingerprint density at radius 1 is 1.31 bits per heavy atom. The molecule has 0 saturated heterocycles. The van der Waals surface area contributed by atoms with E-state index >= 15 is 0 Å². The standard InChI is InChI=1S/C10H8O5.H2O/c1-5-7(9(12)13)3-2-6(4-11)8(5)10(14)15;/h2-3,8H,1H3,(H,12,13)(H,14,15);1H2. The second-order valence-electron chi connectivity index (χ2n) is 3.06. The Balaban J connectivity index is 0.00000225.